The average Bonchev–Trinajstić information content (AvgIpc) is 3.35. The van der Waals surface area contributed by atoms with Crippen LogP contribution in [0, 0.1) is 5.92 Å². The van der Waals surface area contributed by atoms with Gasteiger partial charge in [-0.15, -0.1) is 0 Å². The largest absolute Gasteiger partial charge is 0.440 e. The highest BCUT2D eigenvalue weighted by Crippen LogP contribution is 2.38. The number of hydrogen-bond donors (Lipinski definition) is 2. The number of carbonyl (C=O) groups is 3. The van der Waals surface area contributed by atoms with Gasteiger partial charge in [-0.1, -0.05) is 30.3 Å². The molecule has 1 saturated heterocycles. The van der Waals surface area contributed by atoms with Crippen molar-refractivity contribution in [3.05, 3.63) is 35.9 Å². The van der Waals surface area contributed by atoms with Gasteiger partial charge in [-0.2, -0.15) is 13.2 Å². The molecule has 1 aromatic carbocycles. The van der Waals surface area contributed by atoms with Crippen molar-refractivity contribution in [3.8, 4) is 0 Å². The van der Waals surface area contributed by atoms with Crippen molar-refractivity contribution in [2.75, 3.05) is 0 Å². The van der Waals surface area contributed by atoms with E-state index >= 15 is 0 Å². The van der Waals surface area contributed by atoms with Crippen LogP contribution in [0.3, 0.4) is 0 Å². The van der Waals surface area contributed by atoms with E-state index in [4.69, 9.17) is 0 Å². The van der Waals surface area contributed by atoms with E-state index in [1.165, 1.54) is 6.92 Å². The minimum atomic E-state index is -5.17. The number of benzene rings is 1. The minimum Gasteiger partial charge on any atom is -0.318 e. The maximum atomic E-state index is 13.6. The molecule has 2 N–H and O–H groups in total. The van der Waals surface area contributed by atoms with E-state index in [-0.39, 0.29) is 0 Å². The predicted octanol–water partition coefficient (Wildman–Crippen LogP) is 2.08. The molecule has 25 heavy (non-hydrogen) atoms. The Balaban J connectivity index is 1.94. The summed E-state index contributed by atoms with van der Waals surface area (Å²) >= 11 is 0. The summed E-state index contributed by atoms with van der Waals surface area (Å²) < 4.78 is 40.9. The van der Waals surface area contributed by atoms with E-state index in [0.717, 1.165) is 0 Å². The van der Waals surface area contributed by atoms with Crippen LogP contribution in [0.2, 0.25) is 0 Å². The Labute approximate surface area is 141 Å². The van der Waals surface area contributed by atoms with E-state index in [9.17, 15) is 27.6 Å². The normalized spacial score (nSPS) is 24.9. The van der Waals surface area contributed by atoms with Gasteiger partial charge in [0.25, 0.3) is 11.6 Å². The molecule has 1 saturated carbocycles. The van der Waals surface area contributed by atoms with E-state index in [2.05, 4.69) is 0 Å². The molecule has 9 heteroatoms. The third-order valence-electron chi connectivity index (χ3n) is 4.41. The molecule has 0 aromatic heterocycles. The van der Waals surface area contributed by atoms with Crippen LogP contribution in [0.4, 0.5) is 18.0 Å². The Bertz CT molecular complexity index is 718. The Kier molecular flexibility index (Phi) is 3.97. The Morgan fingerprint density at radius 1 is 1.28 bits per heavy atom. The highest BCUT2D eigenvalue weighted by atomic mass is 19.4. The zero-order valence-corrected chi connectivity index (χ0v) is 13.3. The summed E-state index contributed by atoms with van der Waals surface area (Å²) in [5, 5.41) is 3.38. The van der Waals surface area contributed by atoms with Crippen LogP contribution in [-0.4, -0.2) is 34.6 Å². The lowest BCUT2D eigenvalue weighted by atomic mass is 10.1. The summed E-state index contributed by atoms with van der Waals surface area (Å²) in [5.41, 5.74) is -2.93. The molecule has 0 bridgehead atoms. The highest BCUT2D eigenvalue weighted by Gasteiger charge is 2.69. The molecular weight excluding hydrogens is 339 g/mol. The standard InChI is InChI=1S/C16H16F3N3O3/c1-9(10-5-3-2-4-6-10)22-13(24)15(16(17,18)19,21-14(22)25)20-12(23)11-7-8-11/h2-6,9,11H,7-8H2,1H3,(H,20,23)(H,21,25)/t9-,15+/m1/s1. The van der Waals surface area contributed by atoms with Gasteiger partial charge in [0.1, 0.15) is 0 Å². The molecule has 134 valence electrons. The fourth-order valence-electron chi connectivity index (χ4n) is 2.76. The highest BCUT2D eigenvalue weighted by molar-refractivity contribution is 6.09. The van der Waals surface area contributed by atoms with E-state index in [0.29, 0.717) is 23.3 Å². The number of nitrogens with zero attached hydrogens (tertiary/aromatic N) is 1. The van der Waals surface area contributed by atoms with Gasteiger partial charge in [0.15, 0.2) is 0 Å². The van der Waals surface area contributed by atoms with Crippen molar-refractivity contribution in [3.63, 3.8) is 0 Å². The van der Waals surface area contributed by atoms with E-state index in [1.807, 2.05) is 0 Å². The summed E-state index contributed by atoms with van der Waals surface area (Å²) in [7, 11) is 0. The van der Waals surface area contributed by atoms with Crippen LogP contribution in [0.5, 0.6) is 0 Å². The second kappa shape index (κ2) is 5.75. The van der Waals surface area contributed by atoms with Crippen molar-refractivity contribution in [2.24, 2.45) is 5.92 Å². The summed E-state index contributed by atoms with van der Waals surface area (Å²) in [6.07, 6.45) is -4.24. The van der Waals surface area contributed by atoms with Gasteiger partial charge in [-0.05, 0) is 25.3 Å². The number of nitrogens with one attached hydrogen (secondary N) is 2. The summed E-state index contributed by atoms with van der Waals surface area (Å²) in [6.45, 7) is 1.45. The molecule has 2 fully saturated rings. The smallest absolute Gasteiger partial charge is 0.318 e. The van der Waals surface area contributed by atoms with Gasteiger partial charge in [0, 0.05) is 5.92 Å². The average molecular weight is 355 g/mol. The number of hydrogen-bond acceptors (Lipinski definition) is 3. The van der Waals surface area contributed by atoms with Crippen molar-refractivity contribution in [2.45, 2.75) is 37.6 Å². The first-order valence-corrected chi connectivity index (χ1v) is 7.77. The number of rotatable bonds is 4. The van der Waals surface area contributed by atoms with Crippen molar-refractivity contribution in [1.82, 2.24) is 15.5 Å². The summed E-state index contributed by atoms with van der Waals surface area (Å²) in [5.74, 6) is -2.97. The number of carbonyl (C=O) groups excluding carboxylic acids is 3. The molecule has 2 atom stereocenters. The van der Waals surface area contributed by atoms with Crippen LogP contribution < -0.4 is 10.6 Å². The summed E-state index contributed by atoms with van der Waals surface area (Å²) in [6, 6.07) is 6.08. The van der Waals surface area contributed by atoms with Gasteiger partial charge in [0.05, 0.1) is 6.04 Å². The van der Waals surface area contributed by atoms with Gasteiger partial charge >= 0.3 is 12.2 Å². The Hall–Kier alpha value is -2.58. The number of amides is 4. The number of imide groups is 1. The molecule has 1 aromatic rings. The summed E-state index contributed by atoms with van der Waals surface area (Å²) in [4.78, 5) is 37.1. The maximum absolute atomic E-state index is 13.6. The molecular formula is C16H16F3N3O3. The van der Waals surface area contributed by atoms with Gasteiger partial charge in [0.2, 0.25) is 5.91 Å². The molecule has 0 radical (unpaired) electrons. The van der Waals surface area contributed by atoms with Crippen molar-refractivity contribution in [1.29, 1.82) is 0 Å². The minimum absolute atomic E-state index is 0.464. The second-order valence-corrected chi connectivity index (χ2v) is 6.20. The van der Waals surface area contributed by atoms with Crippen LogP contribution in [-0.2, 0) is 9.59 Å². The molecule has 0 unspecified atom stereocenters. The lowest BCUT2D eigenvalue weighted by molar-refractivity contribution is -0.204. The molecule has 2 aliphatic rings. The van der Waals surface area contributed by atoms with Crippen molar-refractivity contribution < 1.29 is 27.6 Å². The van der Waals surface area contributed by atoms with Gasteiger partial charge in [-0.25, -0.2) is 4.79 Å². The molecule has 1 heterocycles. The molecule has 1 aliphatic heterocycles. The van der Waals surface area contributed by atoms with Crippen LogP contribution >= 0.6 is 0 Å². The van der Waals surface area contributed by atoms with Gasteiger partial charge in [-0.3, -0.25) is 19.8 Å². The quantitative estimate of drug-likeness (QED) is 0.812. The SMILES string of the molecule is C[C@H](c1ccccc1)N1C(=O)N[C@](NC(=O)C2CC2)(C(F)(F)F)C1=O. The van der Waals surface area contributed by atoms with E-state index in [1.54, 1.807) is 41.0 Å². The van der Waals surface area contributed by atoms with Crippen LogP contribution in [0.15, 0.2) is 30.3 Å². The topological polar surface area (TPSA) is 78.5 Å². The fourth-order valence-corrected chi connectivity index (χ4v) is 2.76. The zero-order valence-electron chi connectivity index (χ0n) is 13.3. The first kappa shape index (κ1) is 17.2. The molecule has 0 spiro atoms. The molecule has 1 aliphatic carbocycles. The van der Waals surface area contributed by atoms with Crippen LogP contribution in [0.25, 0.3) is 0 Å². The Morgan fingerprint density at radius 2 is 1.88 bits per heavy atom. The van der Waals surface area contributed by atoms with E-state index < -0.39 is 41.6 Å². The molecule has 6 nitrogen and oxygen atoms in total. The first-order valence-electron chi connectivity index (χ1n) is 7.77. The first-order chi connectivity index (χ1) is 11.7. The van der Waals surface area contributed by atoms with Gasteiger partial charge < -0.3 is 5.32 Å². The maximum Gasteiger partial charge on any atom is 0.440 e. The van der Waals surface area contributed by atoms with Crippen molar-refractivity contribution >= 4 is 17.8 Å². The monoisotopic (exact) mass is 355 g/mol. The lowest BCUT2D eigenvalue weighted by Gasteiger charge is -2.30. The number of urea groups is 1. The fraction of sp³-hybridized carbons (Fsp3) is 0.438. The Morgan fingerprint density at radius 3 is 2.40 bits per heavy atom. The zero-order chi connectivity index (χ0) is 18.4. The second-order valence-electron chi connectivity index (χ2n) is 6.20. The van der Waals surface area contributed by atoms with Crippen LogP contribution in [0.1, 0.15) is 31.4 Å². The lowest BCUT2D eigenvalue weighted by Crippen LogP contribution is -2.69. The third-order valence-corrected chi connectivity index (χ3v) is 4.41. The number of alkyl halides is 3. The molecule has 3 rings (SSSR count). The number of halogens is 3. The predicted molar refractivity (Wildman–Crippen MR) is 79.9 cm³/mol. The molecule has 4 amide bonds. The third kappa shape index (κ3) is 2.83.